The van der Waals surface area contributed by atoms with E-state index in [1.54, 1.807) is 6.07 Å². The third kappa shape index (κ3) is 4.24. The van der Waals surface area contributed by atoms with E-state index in [-0.39, 0.29) is 12.1 Å². The summed E-state index contributed by atoms with van der Waals surface area (Å²) in [7, 11) is 0. The first-order valence-corrected chi connectivity index (χ1v) is 11.0. The summed E-state index contributed by atoms with van der Waals surface area (Å²) < 4.78 is 0. The lowest BCUT2D eigenvalue weighted by atomic mass is 10.1. The Morgan fingerprint density at radius 1 is 1.10 bits per heavy atom. The quantitative estimate of drug-likeness (QED) is 0.623. The van der Waals surface area contributed by atoms with Gasteiger partial charge in [-0.1, -0.05) is 12.8 Å². The number of rotatable bonds is 4. The molecule has 158 valence electrons. The SMILES string of the molecule is O=C(Nc1ccc2ncc(C3=CN(C4CCNCC4)NC3)cc2n1)NC1CCCC1. The summed E-state index contributed by atoms with van der Waals surface area (Å²) in [4.78, 5) is 21.5. The summed E-state index contributed by atoms with van der Waals surface area (Å²) in [6.45, 7) is 2.92. The number of anilines is 1. The third-order valence-corrected chi connectivity index (χ3v) is 6.29. The maximum absolute atomic E-state index is 12.3. The van der Waals surface area contributed by atoms with Crippen LogP contribution < -0.4 is 21.4 Å². The molecule has 4 heterocycles. The van der Waals surface area contributed by atoms with E-state index in [0.29, 0.717) is 11.9 Å². The minimum Gasteiger partial charge on any atom is -0.335 e. The lowest BCUT2D eigenvalue weighted by Gasteiger charge is -2.31. The van der Waals surface area contributed by atoms with E-state index in [1.165, 1.54) is 18.4 Å². The number of fused-ring (bicyclic) bond motifs is 1. The van der Waals surface area contributed by atoms with E-state index >= 15 is 0 Å². The van der Waals surface area contributed by atoms with Gasteiger partial charge in [-0.2, -0.15) is 0 Å². The Morgan fingerprint density at radius 3 is 2.77 bits per heavy atom. The summed E-state index contributed by atoms with van der Waals surface area (Å²) >= 11 is 0. The number of nitrogens with zero attached hydrogens (tertiary/aromatic N) is 3. The summed E-state index contributed by atoms with van der Waals surface area (Å²) in [6, 6.07) is 6.39. The molecular formula is C22H29N7O. The van der Waals surface area contributed by atoms with Gasteiger partial charge >= 0.3 is 6.03 Å². The highest BCUT2D eigenvalue weighted by Gasteiger charge is 2.23. The zero-order valence-corrected chi connectivity index (χ0v) is 17.2. The molecule has 2 aliphatic heterocycles. The number of amides is 2. The van der Waals surface area contributed by atoms with Crippen molar-refractivity contribution in [3.63, 3.8) is 0 Å². The number of hydrazine groups is 1. The largest absolute Gasteiger partial charge is 0.335 e. The zero-order valence-electron chi connectivity index (χ0n) is 17.2. The Bertz CT molecular complexity index is 948. The molecule has 2 aromatic heterocycles. The Kier molecular flexibility index (Phi) is 5.50. The van der Waals surface area contributed by atoms with E-state index in [1.807, 2.05) is 12.3 Å². The van der Waals surface area contributed by atoms with Gasteiger partial charge in [0.1, 0.15) is 5.82 Å². The maximum atomic E-state index is 12.3. The molecule has 0 atom stereocenters. The molecule has 2 aromatic rings. The van der Waals surface area contributed by atoms with E-state index in [0.717, 1.165) is 61.9 Å². The van der Waals surface area contributed by atoms with Gasteiger partial charge in [-0.05, 0) is 62.5 Å². The molecule has 2 fully saturated rings. The zero-order chi connectivity index (χ0) is 20.3. The van der Waals surface area contributed by atoms with E-state index in [9.17, 15) is 4.79 Å². The molecule has 0 aromatic carbocycles. The fraction of sp³-hybridized carbons (Fsp3) is 0.500. The van der Waals surface area contributed by atoms with Crippen LogP contribution in [-0.2, 0) is 0 Å². The van der Waals surface area contributed by atoms with Crippen LogP contribution in [0, 0.1) is 0 Å². The van der Waals surface area contributed by atoms with Crippen LogP contribution in [0.25, 0.3) is 16.6 Å². The smallest absolute Gasteiger partial charge is 0.320 e. The molecule has 1 saturated heterocycles. The molecule has 0 unspecified atom stereocenters. The van der Waals surface area contributed by atoms with Crippen LogP contribution in [0.4, 0.5) is 10.6 Å². The van der Waals surface area contributed by atoms with Crippen LogP contribution >= 0.6 is 0 Å². The lowest BCUT2D eigenvalue weighted by Crippen LogP contribution is -2.44. The maximum Gasteiger partial charge on any atom is 0.320 e. The molecular weight excluding hydrogens is 378 g/mol. The van der Waals surface area contributed by atoms with Crippen LogP contribution in [0.15, 0.2) is 30.6 Å². The molecule has 0 radical (unpaired) electrons. The molecule has 1 aliphatic carbocycles. The molecule has 8 nitrogen and oxygen atoms in total. The fourth-order valence-electron chi connectivity index (χ4n) is 4.59. The van der Waals surface area contributed by atoms with Crippen molar-refractivity contribution in [2.24, 2.45) is 0 Å². The molecule has 0 spiro atoms. The monoisotopic (exact) mass is 407 g/mol. The van der Waals surface area contributed by atoms with Crippen LogP contribution in [-0.4, -0.2) is 52.7 Å². The highest BCUT2D eigenvalue weighted by Crippen LogP contribution is 2.24. The Morgan fingerprint density at radius 2 is 1.93 bits per heavy atom. The standard InChI is InChI=1S/C22H29N7O/c30-22(26-17-3-1-2-4-17)28-21-6-5-19-20(27-21)11-15(12-24-19)16-13-25-29(14-16)18-7-9-23-10-8-18/h5-6,11-12,14,17-18,23,25H,1-4,7-10,13H2,(H2,26,27,28,30). The molecule has 5 rings (SSSR count). The van der Waals surface area contributed by atoms with Gasteiger partial charge in [0.15, 0.2) is 0 Å². The topological polar surface area (TPSA) is 94.2 Å². The average Bonchev–Trinajstić information content (AvgIpc) is 3.46. The first-order valence-electron chi connectivity index (χ1n) is 11.0. The first-order chi connectivity index (χ1) is 14.7. The Hall–Kier alpha value is -2.71. The minimum absolute atomic E-state index is 0.182. The number of aromatic nitrogens is 2. The third-order valence-electron chi connectivity index (χ3n) is 6.29. The van der Waals surface area contributed by atoms with E-state index < -0.39 is 0 Å². The summed E-state index contributed by atoms with van der Waals surface area (Å²) in [5.41, 5.74) is 7.37. The van der Waals surface area contributed by atoms with E-state index in [2.05, 4.69) is 48.6 Å². The number of nitrogens with one attached hydrogen (secondary N) is 4. The van der Waals surface area contributed by atoms with Crippen molar-refractivity contribution >= 4 is 28.5 Å². The summed E-state index contributed by atoms with van der Waals surface area (Å²) in [5.74, 6) is 0.548. The second kappa shape index (κ2) is 8.57. The molecule has 2 amide bonds. The van der Waals surface area contributed by atoms with Crippen molar-refractivity contribution in [1.29, 1.82) is 0 Å². The number of hydrogen-bond donors (Lipinski definition) is 4. The van der Waals surface area contributed by atoms with Crippen molar-refractivity contribution in [3.05, 3.63) is 36.2 Å². The van der Waals surface area contributed by atoms with Gasteiger partial charge in [0.05, 0.1) is 11.0 Å². The van der Waals surface area contributed by atoms with Crippen LogP contribution in [0.2, 0.25) is 0 Å². The van der Waals surface area contributed by atoms with Crippen LogP contribution in [0.3, 0.4) is 0 Å². The van der Waals surface area contributed by atoms with Crippen molar-refractivity contribution < 1.29 is 4.79 Å². The van der Waals surface area contributed by atoms with Gasteiger partial charge in [0.25, 0.3) is 0 Å². The second-order valence-corrected chi connectivity index (χ2v) is 8.42. The second-order valence-electron chi connectivity index (χ2n) is 8.42. The normalized spacial score (nSPS) is 20.5. The fourth-order valence-corrected chi connectivity index (χ4v) is 4.59. The van der Waals surface area contributed by atoms with Crippen LogP contribution in [0.1, 0.15) is 44.1 Å². The predicted molar refractivity (Wildman–Crippen MR) is 118 cm³/mol. The van der Waals surface area contributed by atoms with Gasteiger partial charge in [0, 0.05) is 36.6 Å². The van der Waals surface area contributed by atoms with Crippen molar-refractivity contribution in [2.45, 2.75) is 50.6 Å². The number of pyridine rings is 2. The highest BCUT2D eigenvalue weighted by molar-refractivity contribution is 5.90. The van der Waals surface area contributed by atoms with Gasteiger partial charge in [0.2, 0.25) is 0 Å². The van der Waals surface area contributed by atoms with Gasteiger partial charge in [-0.15, -0.1) is 0 Å². The minimum atomic E-state index is -0.182. The molecule has 4 N–H and O–H groups in total. The lowest BCUT2D eigenvalue weighted by molar-refractivity contribution is 0.182. The highest BCUT2D eigenvalue weighted by atomic mass is 16.2. The molecule has 0 bridgehead atoms. The summed E-state index contributed by atoms with van der Waals surface area (Å²) in [5, 5.41) is 11.6. The molecule has 8 heteroatoms. The van der Waals surface area contributed by atoms with Crippen molar-refractivity contribution in [2.75, 3.05) is 25.0 Å². The van der Waals surface area contributed by atoms with Crippen molar-refractivity contribution in [3.8, 4) is 0 Å². The predicted octanol–water partition coefficient (Wildman–Crippen LogP) is 2.61. The number of hydrogen-bond acceptors (Lipinski definition) is 6. The van der Waals surface area contributed by atoms with E-state index in [4.69, 9.17) is 0 Å². The Labute approximate surface area is 176 Å². The molecule has 1 saturated carbocycles. The van der Waals surface area contributed by atoms with Gasteiger partial charge in [-0.3, -0.25) is 10.3 Å². The Balaban J connectivity index is 1.30. The van der Waals surface area contributed by atoms with Gasteiger partial charge in [-0.25, -0.2) is 15.2 Å². The number of carbonyl (C=O) groups excluding carboxylic acids is 1. The molecule has 3 aliphatic rings. The summed E-state index contributed by atoms with van der Waals surface area (Å²) in [6.07, 6.45) is 10.9. The first kappa shape index (κ1) is 19.3. The van der Waals surface area contributed by atoms with Gasteiger partial charge < -0.3 is 15.6 Å². The van der Waals surface area contributed by atoms with Crippen LogP contribution in [0.5, 0.6) is 0 Å². The number of urea groups is 1. The molecule has 30 heavy (non-hydrogen) atoms. The number of piperidine rings is 1. The average molecular weight is 408 g/mol. The van der Waals surface area contributed by atoms with Crippen molar-refractivity contribution in [1.82, 2.24) is 31.0 Å². The number of carbonyl (C=O) groups is 1.